The Morgan fingerprint density at radius 2 is 0.933 bits per heavy atom. The number of hydrogen-bond donors (Lipinski definition) is 1. The van der Waals surface area contributed by atoms with E-state index in [9.17, 15) is 18.1 Å². The van der Waals surface area contributed by atoms with Gasteiger partial charge in [0.05, 0.1) is 16.2 Å². The predicted octanol–water partition coefficient (Wildman–Crippen LogP) is 4.11. The molecule has 0 saturated heterocycles. The maximum atomic E-state index is 11.4. The van der Waals surface area contributed by atoms with Gasteiger partial charge in [-0.05, 0) is 26.2 Å². The van der Waals surface area contributed by atoms with Gasteiger partial charge >= 0.3 is 29.6 Å². The molecule has 0 aliphatic heterocycles. The first kappa shape index (κ1) is 33.0. The van der Waals surface area contributed by atoms with Crippen molar-refractivity contribution in [3.05, 3.63) is 0 Å². The third-order valence-electron chi connectivity index (χ3n) is 5.94. The molecule has 0 saturated carbocycles. The zero-order chi connectivity index (χ0) is 21.8. The first-order valence-corrected chi connectivity index (χ1v) is 14.0. The van der Waals surface area contributed by atoms with Gasteiger partial charge in [0.2, 0.25) is 0 Å². The number of aliphatic hydroxyl groups is 1. The fraction of sp³-hybridized carbons (Fsp3) is 1.00. The van der Waals surface area contributed by atoms with Gasteiger partial charge in [-0.25, -0.2) is 8.42 Å². The molecule has 0 fully saturated rings. The first-order chi connectivity index (χ1) is 13.9. The Labute approximate surface area is 210 Å². The van der Waals surface area contributed by atoms with E-state index in [-0.39, 0.29) is 35.7 Å². The molecule has 0 radical (unpaired) electrons. The molecule has 0 aromatic heterocycles. The third kappa shape index (κ3) is 23.5. The van der Waals surface area contributed by atoms with Crippen LogP contribution < -0.4 is 29.6 Å². The van der Waals surface area contributed by atoms with Crippen LogP contribution in [-0.4, -0.2) is 29.4 Å². The summed E-state index contributed by atoms with van der Waals surface area (Å²) in [5.74, 6) is 0. The van der Waals surface area contributed by atoms with Gasteiger partial charge in [0.25, 0.3) is 0 Å². The Hall–Kier alpha value is 0.870. The van der Waals surface area contributed by atoms with E-state index in [0.29, 0.717) is 25.7 Å². The summed E-state index contributed by atoms with van der Waals surface area (Å²) in [5.41, 5.74) is 0. The molecule has 4 nitrogen and oxygen atoms in total. The molecule has 0 aromatic rings. The van der Waals surface area contributed by atoms with Gasteiger partial charge in [-0.2, -0.15) is 0 Å². The van der Waals surface area contributed by atoms with Gasteiger partial charge in [0, 0.05) is 5.25 Å². The molecule has 0 aliphatic carbocycles. The van der Waals surface area contributed by atoms with E-state index in [1.54, 1.807) is 6.92 Å². The summed E-state index contributed by atoms with van der Waals surface area (Å²) in [5, 5.41) is 8.51. The average Bonchev–Trinajstić information content (AvgIpc) is 2.65. The minimum absolute atomic E-state index is 0. The Bertz CT molecular complexity index is 440. The van der Waals surface area contributed by atoms with Gasteiger partial charge in [-0.3, -0.25) is 0 Å². The standard InChI is InChI=1S/C24H50O4S.Na/c1-3-4-5-6-7-8-9-10-11-12-13-14-15-16-17-21-24(29(26,27)28)22-19-18-20-23(2)25;/h23-25H,3-22H2,1-2H3,(H,26,27,28);/q;+1/p-1. The minimum Gasteiger partial charge on any atom is -0.748 e. The van der Waals surface area contributed by atoms with Crippen LogP contribution in [-0.2, 0) is 10.1 Å². The fourth-order valence-corrected chi connectivity index (χ4v) is 4.90. The molecule has 0 amide bonds. The Balaban J connectivity index is 0. The molecule has 176 valence electrons. The van der Waals surface area contributed by atoms with E-state index in [1.165, 1.54) is 77.0 Å². The van der Waals surface area contributed by atoms with E-state index in [4.69, 9.17) is 0 Å². The van der Waals surface area contributed by atoms with Crippen molar-refractivity contribution in [2.45, 2.75) is 154 Å². The maximum Gasteiger partial charge on any atom is 1.00 e. The topological polar surface area (TPSA) is 77.4 Å². The molecule has 2 atom stereocenters. The number of rotatable bonds is 22. The molecule has 2 unspecified atom stereocenters. The molecule has 0 bridgehead atoms. The summed E-state index contributed by atoms with van der Waals surface area (Å²) >= 11 is 0. The van der Waals surface area contributed by atoms with Crippen LogP contribution in [0, 0.1) is 0 Å². The Morgan fingerprint density at radius 3 is 1.27 bits per heavy atom. The van der Waals surface area contributed by atoms with Crippen LogP contribution in [0.3, 0.4) is 0 Å². The quantitative estimate of drug-likeness (QED) is 0.151. The summed E-state index contributed by atoms with van der Waals surface area (Å²) in [7, 11) is -4.20. The maximum absolute atomic E-state index is 11.4. The van der Waals surface area contributed by atoms with Crippen LogP contribution in [0.2, 0.25) is 0 Å². The zero-order valence-electron chi connectivity index (χ0n) is 20.4. The van der Waals surface area contributed by atoms with Gasteiger partial charge in [-0.1, -0.05) is 116 Å². The second-order valence-corrected chi connectivity index (χ2v) is 10.6. The SMILES string of the molecule is CCCCCCCCCCCCCCCCCC(CCCCC(C)O)S(=O)(=O)[O-].[Na+]. The molecule has 1 N–H and O–H groups in total. The molecule has 30 heavy (non-hydrogen) atoms. The van der Waals surface area contributed by atoms with E-state index in [1.807, 2.05) is 0 Å². The first-order valence-electron chi connectivity index (χ1n) is 12.5. The van der Waals surface area contributed by atoms with E-state index >= 15 is 0 Å². The minimum atomic E-state index is -4.20. The predicted molar refractivity (Wildman–Crippen MR) is 123 cm³/mol. The van der Waals surface area contributed by atoms with Crippen LogP contribution in [0.15, 0.2) is 0 Å². The van der Waals surface area contributed by atoms with Crippen LogP contribution in [0.4, 0.5) is 0 Å². The Kier molecular flexibility index (Phi) is 25.4. The summed E-state index contributed by atoms with van der Waals surface area (Å²) in [6.45, 7) is 3.99. The van der Waals surface area contributed by atoms with Crippen molar-refractivity contribution in [2.75, 3.05) is 0 Å². The van der Waals surface area contributed by atoms with E-state index < -0.39 is 15.4 Å². The molecular weight excluding hydrogens is 407 g/mol. The van der Waals surface area contributed by atoms with Crippen molar-refractivity contribution in [2.24, 2.45) is 0 Å². The van der Waals surface area contributed by atoms with Crippen molar-refractivity contribution in [3.63, 3.8) is 0 Å². The van der Waals surface area contributed by atoms with E-state index in [2.05, 4.69) is 6.92 Å². The molecule has 0 aromatic carbocycles. The van der Waals surface area contributed by atoms with Gasteiger partial charge < -0.3 is 9.66 Å². The van der Waals surface area contributed by atoms with Crippen LogP contribution in [0.25, 0.3) is 0 Å². The second kappa shape index (κ2) is 23.0. The number of unbranched alkanes of at least 4 members (excludes halogenated alkanes) is 15. The van der Waals surface area contributed by atoms with Crippen LogP contribution in [0.5, 0.6) is 0 Å². The average molecular weight is 457 g/mol. The monoisotopic (exact) mass is 456 g/mol. The van der Waals surface area contributed by atoms with Crippen LogP contribution in [0.1, 0.15) is 142 Å². The second-order valence-electron chi connectivity index (χ2n) is 8.99. The molecule has 0 heterocycles. The Morgan fingerprint density at radius 1 is 0.633 bits per heavy atom. The van der Waals surface area contributed by atoms with E-state index in [0.717, 1.165) is 25.7 Å². The normalized spacial score (nSPS) is 13.7. The van der Waals surface area contributed by atoms with Crippen molar-refractivity contribution < 1.29 is 47.6 Å². The number of aliphatic hydroxyl groups excluding tert-OH is 1. The summed E-state index contributed by atoms with van der Waals surface area (Å²) in [4.78, 5) is 0. The molecule has 6 heteroatoms. The molecular formula is C24H49NaO4S. The van der Waals surface area contributed by atoms with Crippen molar-refractivity contribution in [1.29, 1.82) is 0 Å². The summed E-state index contributed by atoms with van der Waals surface area (Å²) < 4.78 is 34.3. The summed E-state index contributed by atoms with van der Waals surface area (Å²) in [6.07, 6.45) is 22.0. The smallest absolute Gasteiger partial charge is 0.748 e. The molecule has 0 rings (SSSR count). The third-order valence-corrected chi connectivity index (χ3v) is 7.22. The fourth-order valence-electron chi connectivity index (χ4n) is 3.99. The number of hydrogen-bond acceptors (Lipinski definition) is 4. The molecule has 0 spiro atoms. The van der Waals surface area contributed by atoms with Crippen molar-refractivity contribution in [1.82, 2.24) is 0 Å². The van der Waals surface area contributed by atoms with Crippen LogP contribution >= 0.6 is 0 Å². The molecule has 0 aliphatic rings. The van der Waals surface area contributed by atoms with Gasteiger partial charge in [-0.15, -0.1) is 0 Å². The largest absolute Gasteiger partial charge is 1.00 e. The van der Waals surface area contributed by atoms with Gasteiger partial charge in [0.15, 0.2) is 0 Å². The zero-order valence-corrected chi connectivity index (χ0v) is 23.2. The van der Waals surface area contributed by atoms with Crippen molar-refractivity contribution >= 4 is 10.1 Å². The van der Waals surface area contributed by atoms with Crippen molar-refractivity contribution in [3.8, 4) is 0 Å². The summed E-state index contributed by atoms with van der Waals surface area (Å²) in [6, 6.07) is 0. The van der Waals surface area contributed by atoms with Gasteiger partial charge in [0.1, 0.15) is 0 Å².